The molecule has 0 saturated carbocycles. The number of carbonyl (C=O) groups excluding carboxylic acids is 1. The lowest BCUT2D eigenvalue weighted by atomic mass is 10.1. The molecule has 90 valence electrons. The Morgan fingerprint density at radius 2 is 2.17 bits per heavy atom. The minimum Gasteiger partial charge on any atom is -0.352 e. The number of rotatable bonds is 4. The van der Waals surface area contributed by atoms with E-state index in [1.807, 2.05) is 6.07 Å². The average Bonchev–Trinajstić information content (AvgIpc) is 2.92. The van der Waals surface area contributed by atoms with Crippen LogP contribution < -0.4 is 5.32 Å². The van der Waals surface area contributed by atoms with Crippen molar-refractivity contribution in [3.63, 3.8) is 0 Å². The topological polar surface area (TPSA) is 94.5 Å². The Labute approximate surface area is 104 Å². The normalized spacial score (nSPS) is 9.72. The third-order valence-electron chi connectivity index (χ3n) is 2.39. The van der Waals surface area contributed by atoms with E-state index in [0.717, 1.165) is 5.82 Å². The van der Waals surface area contributed by atoms with Gasteiger partial charge in [-0.2, -0.15) is 10.4 Å². The molecular weight excluding hydrogens is 230 g/mol. The highest BCUT2D eigenvalue weighted by atomic mass is 16.1. The van der Waals surface area contributed by atoms with Crippen LogP contribution in [0.2, 0.25) is 0 Å². The summed E-state index contributed by atoms with van der Waals surface area (Å²) in [7, 11) is 0. The number of benzene rings is 1. The first-order valence-electron chi connectivity index (χ1n) is 5.42. The van der Waals surface area contributed by atoms with E-state index in [1.54, 1.807) is 24.3 Å². The molecule has 1 heterocycles. The summed E-state index contributed by atoms with van der Waals surface area (Å²) in [5, 5.41) is 17.8. The van der Waals surface area contributed by atoms with Crippen molar-refractivity contribution in [2.45, 2.75) is 6.42 Å². The maximum absolute atomic E-state index is 11.7. The van der Waals surface area contributed by atoms with Crippen LogP contribution in [0.1, 0.15) is 21.7 Å². The highest BCUT2D eigenvalue weighted by Crippen LogP contribution is 2.02. The molecule has 0 aliphatic heterocycles. The van der Waals surface area contributed by atoms with Crippen molar-refractivity contribution in [1.29, 1.82) is 5.26 Å². The van der Waals surface area contributed by atoms with E-state index in [9.17, 15) is 4.79 Å². The minimum absolute atomic E-state index is 0.168. The lowest BCUT2D eigenvalue weighted by Crippen LogP contribution is -2.25. The van der Waals surface area contributed by atoms with Crippen molar-refractivity contribution < 1.29 is 4.79 Å². The van der Waals surface area contributed by atoms with E-state index in [4.69, 9.17) is 5.26 Å². The standard InChI is InChI=1S/C12H11N5O/c13-7-9-1-3-10(4-2-9)12(18)14-6-5-11-15-8-16-17-11/h1-4,8H,5-6H2,(H,14,18)(H,15,16,17). The number of hydrogen-bond donors (Lipinski definition) is 2. The molecule has 0 aliphatic rings. The van der Waals surface area contributed by atoms with Gasteiger partial charge < -0.3 is 5.32 Å². The molecule has 0 radical (unpaired) electrons. The Bertz CT molecular complexity index is 553. The smallest absolute Gasteiger partial charge is 0.251 e. The Kier molecular flexibility index (Phi) is 3.66. The van der Waals surface area contributed by atoms with Crippen LogP contribution >= 0.6 is 0 Å². The summed E-state index contributed by atoms with van der Waals surface area (Å²) in [5.41, 5.74) is 1.07. The van der Waals surface area contributed by atoms with Gasteiger partial charge in [-0.3, -0.25) is 9.89 Å². The number of nitrogens with one attached hydrogen (secondary N) is 2. The summed E-state index contributed by atoms with van der Waals surface area (Å²) in [5.74, 6) is 0.564. The number of hydrogen-bond acceptors (Lipinski definition) is 4. The summed E-state index contributed by atoms with van der Waals surface area (Å²) >= 11 is 0. The fraction of sp³-hybridized carbons (Fsp3) is 0.167. The van der Waals surface area contributed by atoms with Gasteiger partial charge >= 0.3 is 0 Å². The van der Waals surface area contributed by atoms with Crippen molar-refractivity contribution >= 4 is 5.91 Å². The van der Waals surface area contributed by atoms with Gasteiger partial charge in [-0.05, 0) is 24.3 Å². The summed E-state index contributed by atoms with van der Waals surface area (Å²) in [6.07, 6.45) is 2.03. The van der Waals surface area contributed by atoms with E-state index >= 15 is 0 Å². The molecule has 2 N–H and O–H groups in total. The van der Waals surface area contributed by atoms with Crippen molar-refractivity contribution in [3.05, 3.63) is 47.5 Å². The number of carbonyl (C=O) groups is 1. The third-order valence-corrected chi connectivity index (χ3v) is 2.39. The van der Waals surface area contributed by atoms with E-state index in [2.05, 4.69) is 20.5 Å². The van der Waals surface area contributed by atoms with Gasteiger partial charge in [0.25, 0.3) is 5.91 Å². The molecule has 0 bridgehead atoms. The first-order chi connectivity index (χ1) is 8.79. The van der Waals surface area contributed by atoms with E-state index < -0.39 is 0 Å². The van der Waals surface area contributed by atoms with E-state index in [0.29, 0.717) is 24.1 Å². The molecule has 0 fully saturated rings. The Hall–Kier alpha value is -2.68. The molecular formula is C12H11N5O. The number of nitrogens with zero attached hydrogens (tertiary/aromatic N) is 3. The van der Waals surface area contributed by atoms with Gasteiger partial charge in [0.05, 0.1) is 11.6 Å². The molecule has 18 heavy (non-hydrogen) atoms. The molecule has 1 aromatic carbocycles. The summed E-state index contributed by atoms with van der Waals surface area (Å²) in [6, 6.07) is 8.49. The van der Waals surface area contributed by atoms with Crippen LogP contribution in [0.25, 0.3) is 0 Å². The highest BCUT2D eigenvalue weighted by molar-refractivity contribution is 5.94. The maximum atomic E-state index is 11.7. The lowest BCUT2D eigenvalue weighted by molar-refractivity contribution is 0.0954. The van der Waals surface area contributed by atoms with Crippen molar-refractivity contribution in [1.82, 2.24) is 20.5 Å². The fourth-order valence-electron chi connectivity index (χ4n) is 1.44. The van der Waals surface area contributed by atoms with Crippen molar-refractivity contribution in [2.24, 2.45) is 0 Å². The number of nitriles is 1. The van der Waals surface area contributed by atoms with Crippen LogP contribution in [0.4, 0.5) is 0 Å². The number of H-pyrrole nitrogens is 1. The van der Waals surface area contributed by atoms with Crippen LogP contribution in [0, 0.1) is 11.3 Å². The van der Waals surface area contributed by atoms with Gasteiger partial charge in [-0.25, -0.2) is 4.98 Å². The van der Waals surface area contributed by atoms with Crippen molar-refractivity contribution in [3.8, 4) is 6.07 Å². The highest BCUT2D eigenvalue weighted by Gasteiger charge is 2.05. The summed E-state index contributed by atoms with van der Waals surface area (Å²) in [4.78, 5) is 15.7. The molecule has 2 rings (SSSR count). The van der Waals surface area contributed by atoms with Crippen LogP contribution in [-0.2, 0) is 6.42 Å². The van der Waals surface area contributed by atoms with Gasteiger partial charge in [-0.1, -0.05) is 0 Å². The van der Waals surface area contributed by atoms with Gasteiger partial charge in [0, 0.05) is 18.5 Å². The number of aromatic amines is 1. The SMILES string of the molecule is N#Cc1ccc(C(=O)NCCc2ncn[nH]2)cc1. The molecule has 0 saturated heterocycles. The molecule has 0 unspecified atom stereocenters. The zero-order valence-corrected chi connectivity index (χ0v) is 9.55. The zero-order valence-electron chi connectivity index (χ0n) is 9.55. The van der Waals surface area contributed by atoms with Gasteiger partial charge in [0.2, 0.25) is 0 Å². The maximum Gasteiger partial charge on any atom is 0.251 e. The molecule has 0 spiro atoms. The lowest BCUT2D eigenvalue weighted by Gasteiger charge is -2.03. The Morgan fingerprint density at radius 3 is 2.78 bits per heavy atom. The van der Waals surface area contributed by atoms with Gasteiger partial charge in [0.15, 0.2) is 0 Å². The Balaban J connectivity index is 1.86. The average molecular weight is 241 g/mol. The molecule has 0 aliphatic carbocycles. The fourth-order valence-corrected chi connectivity index (χ4v) is 1.44. The monoisotopic (exact) mass is 241 g/mol. The molecule has 1 amide bonds. The first kappa shape index (κ1) is 11.8. The second-order valence-electron chi connectivity index (χ2n) is 3.63. The van der Waals surface area contributed by atoms with Crippen LogP contribution in [0.15, 0.2) is 30.6 Å². The second kappa shape index (κ2) is 5.59. The second-order valence-corrected chi connectivity index (χ2v) is 3.63. The number of amides is 1. The van der Waals surface area contributed by atoms with Gasteiger partial charge in [0.1, 0.15) is 12.2 Å². The van der Waals surface area contributed by atoms with Gasteiger partial charge in [-0.15, -0.1) is 0 Å². The molecule has 6 nitrogen and oxygen atoms in total. The first-order valence-corrected chi connectivity index (χ1v) is 5.42. The summed E-state index contributed by atoms with van der Waals surface area (Å²) < 4.78 is 0. The van der Waals surface area contributed by atoms with Crippen LogP contribution in [0.5, 0.6) is 0 Å². The molecule has 2 aromatic rings. The largest absolute Gasteiger partial charge is 0.352 e. The molecule has 1 aromatic heterocycles. The molecule has 0 atom stereocenters. The predicted octanol–water partition coefficient (Wildman–Crippen LogP) is 0.649. The quantitative estimate of drug-likeness (QED) is 0.821. The predicted molar refractivity (Wildman–Crippen MR) is 63.6 cm³/mol. The molecule has 6 heteroatoms. The minimum atomic E-state index is -0.168. The Morgan fingerprint density at radius 1 is 1.39 bits per heavy atom. The zero-order chi connectivity index (χ0) is 12.8. The number of aromatic nitrogens is 3. The van der Waals surface area contributed by atoms with E-state index in [-0.39, 0.29) is 5.91 Å². The van der Waals surface area contributed by atoms with Crippen molar-refractivity contribution in [2.75, 3.05) is 6.54 Å². The summed E-state index contributed by atoms with van der Waals surface area (Å²) in [6.45, 7) is 0.480. The van der Waals surface area contributed by atoms with Crippen LogP contribution in [-0.4, -0.2) is 27.6 Å². The third kappa shape index (κ3) is 2.92. The van der Waals surface area contributed by atoms with E-state index in [1.165, 1.54) is 6.33 Å². The van der Waals surface area contributed by atoms with Crippen LogP contribution in [0.3, 0.4) is 0 Å².